The van der Waals surface area contributed by atoms with Gasteiger partial charge in [-0.05, 0) is 6.42 Å². The van der Waals surface area contributed by atoms with Crippen molar-refractivity contribution in [3.8, 4) is 0 Å². The van der Waals surface area contributed by atoms with Gasteiger partial charge in [-0.3, -0.25) is 0 Å². The van der Waals surface area contributed by atoms with Crippen molar-refractivity contribution in [1.29, 1.82) is 0 Å². The summed E-state index contributed by atoms with van der Waals surface area (Å²) >= 11 is 0. The lowest BCUT2D eigenvalue weighted by Gasteiger charge is -2.38. The molecule has 0 aromatic carbocycles. The number of alkyl halides is 1. The van der Waals surface area contributed by atoms with Crippen molar-refractivity contribution in [2.24, 2.45) is 0 Å². The second-order valence-corrected chi connectivity index (χ2v) is 2.38. The van der Waals surface area contributed by atoms with Crippen molar-refractivity contribution in [3.05, 3.63) is 0 Å². The Kier molecular flexibility index (Phi) is 2.42. The molecule has 1 aliphatic heterocycles. The first kappa shape index (κ1) is 6.96. The van der Waals surface area contributed by atoms with E-state index >= 15 is 0 Å². The molecule has 0 amide bonds. The summed E-state index contributed by atoms with van der Waals surface area (Å²) in [5.41, 5.74) is 0. The smallest absolute Gasteiger partial charge is 0.103 e. The van der Waals surface area contributed by atoms with Crippen LogP contribution in [0.5, 0.6) is 0 Å². The van der Waals surface area contributed by atoms with Crippen LogP contribution in [0.25, 0.3) is 0 Å². The summed E-state index contributed by atoms with van der Waals surface area (Å²) < 4.78 is 11.7. The largest absolute Gasteiger partial charge is 0.250 e. The van der Waals surface area contributed by atoms with Crippen LogP contribution in [0.4, 0.5) is 4.39 Å². The molecule has 9 heavy (non-hydrogen) atoms. The second kappa shape index (κ2) is 3.13. The third kappa shape index (κ3) is 1.63. The maximum absolute atomic E-state index is 11.7. The Morgan fingerprint density at radius 2 is 2.22 bits per heavy atom. The van der Waals surface area contributed by atoms with E-state index in [9.17, 15) is 4.39 Å². The molecule has 0 atom stereocenters. The van der Waals surface area contributed by atoms with Gasteiger partial charge in [-0.2, -0.15) is 0 Å². The molecule has 0 unspecified atom stereocenters. The molecule has 1 aliphatic rings. The van der Waals surface area contributed by atoms with Crippen LogP contribution in [0.3, 0.4) is 0 Å². The molecule has 0 spiro atoms. The van der Waals surface area contributed by atoms with Crippen LogP contribution in [0.2, 0.25) is 0 Å². The van der Waals surface area contributed by atoms with Gasteiger partial charge in [0.05, 0.1) is 0 Å². The SMILES string of the molecule is CN(CCF)N1CCC1. The highest BCUT2D eigenvalue weighted by molar-refractivity contribution is 4.64. The molecule has 1 fully saturated rings. The molecule has 54 valence electrons. The van der Waals surface area contributed by atoms with Gasteiger partial charge in [0.1, 0.15) is 6.67 Å². The van der Waals surface area contributed by atoms with E-state index in [-0.39, 0.29) is 6.67 Å². The quantitative estimate of drug-likeness (QED) is 0.552. The molecule has 1 heterocycles. The van der Waals surface area contributed by atoms with E-state index in [1.165, 1.54) is 6.42 Å². The number of halogens is 1. The maximum Gasteiger partial charge on any atom is 0.103 e. The van der Waals surface area contributed by atoms with Crippen LogP contribution in [0.1, 0.15) is 6.42 Å². The summed E-state index contributed by atoms with van der Waals surface area (Å²) in [7, 11) is 1.93. The third-order valence-corrected chi connectivity index (χ3v) is 1.72. The molecule has 0 aliphatic carbocycles. The molecule has 2 nitrogen and oxygen atoms in total. The first-order valence-corrected chi connectivity index (χ1v) is 3.36. The predicted octanol–water partition coefficient (Wildman–Crippen LogP) is 0.508. The van der Waals surface area contributed by atoms with E-state index in [1.54, 1.807) is 0 Å². The topological polar surface area (TPSA) is 6.48 Å². The van der Waals surface area contributed by atoms with Gasteiger partial charge in [0, 0.05) is 26.7 Å². The Balaban J connectivity index is 2.08. The fourth-order valence-corrected chi connectivity index (χ4v) is 0.905. The van der Waals surface area contributed by atoms with E-state index in [0.29, 0.717) is 6.54 Å². The Hall–Kier alpha value is -0.150. The lowest BCUT2D eigenvalue weighted by molar-refractivity contribution is -0.0540. The minimum atomic E-state index is -0.243. The lowest BCUT2D eigenvalue weighted by atomic mass is 10.3. The van der Waals surface area contributed by atoms with Crippen molar-refractivity contribution in [3.63, 3.8) is 0 Å². The molecule has 1 rings (SSSR count). The summed E-state index contributed by atoms with van der Waals surface area (Å²) in [6, 6.07) is 0. The van der Waals surface area contributed by atoms with Crippen LogP contribution < -0.4 is 0 Å². The van der Waals surface area contributed by atoms with Crippen molar-refractivity contribution in [1.82, 2.24) is 10.0 Å². The van der Waals surface area contributed by atoms with Gasteiger partial charge in [-0.25, -0.2) is 14.4 Å². The molecule has 3 heteroatoms. The monoisotopic (exact) mass is 132 g/mol. The predicted molar refractivity (Wildman–Crippen MR) is 34.8 cm³/mol. The van der Waals surface area contributed by atoms with Gasteiger partial charge in [0.2, 0.25) is 0 Å². The van der Waals surface area contributed by atoms with Crippen molar-refractivity contribution >= 4 is 0 Å². The number of nitrogens with zero attached hydrogens (tertiary/aromatic N) is 2. The van der Waals surface area contributed by atoms with Crippen LogP contribution >= 0.6 is 0 Å². The summed E-state index contributed by atoms with van der Waals surface area (Å²) in [6.07, 6.45) is 1.26. The molecule has 0 aromatic rings. The summed E-state index contributed by atoms with van der Waals surface area (Å²) in [4.78, 5) is 0. The van der Waals surface area contributed by atoms with Crippen molar-refractivity contribution < 1.29 is 4.39 Å². The van der Waals surface area contributed by atoms with E-state index < -0.39 is 0 Å². The van der Waals surface area contributed by atoms with E-state index in [2.05, 4.69) is 5.01 Å². The third-order valence-electron chi connectivity index (χ3n) is 1.72. The molecular formula is C6H13FN2. The lowest BCUT2D eigenvalue weighted by Crippen LogP contribution is -2.49. The fraction of sp³-hybridized carbons (Fsp3) is 1.00. The van der Waals surface area contributed by atoms with Gasteiger partial charge in [-0.15, -0.1) is 0 Å². The second-order valence-electron chi connectivity index (χ2n) is 2.38. The molecule has 0 bridgehead atoms. The average molecular weight is 132 g/mol. The van der Waals surface area contributed by atoms with Gasteiger partial charge >= 0.3 is 0 Å². The van der Waals surface area contributed by atoms with Gasteiger partial charge in [0.15, 0.2) is 0 Å². The molecule has 0 saturated carbocycles. The Morgan fingerprint density at radius 1 is 1.56 bits per heavy atom. The average Bonchev–Trinajstić information content (AvgIpc) is 1.60. The Bertz CT molecular complexity index is 83.1. The van der Waals surface area contributed by atoms with Crippen LogP contribution in [-0.2, 0) is 0 Å². The molecule has 0 radical (unpaired) electrons. The van der Waals surface area contributed by atoms with Crippen molar-refractivity contribution in [2.45, 2.75) is 6.42 Å². The Labute approximate surface area is 55.2 Å². The molecule has 0 aromatic heterocycles. The van der Waals surface area contributed by atoms with Gasteiger partial charge in [0.25, 0.3) is 0 Å². The first-order valence-electron chi connectivity index (χ1n) is 3.36. The number of hydrazine groups is 1. The maximum atomic E-state index is 11.7. The van der Waals surface area contributed by atoms with E-state index in [0.717, 1.165) is 13.1 Å². The summed E-state index contributed by atoms with van der Waals surface area (Å²) in [5, 5.41) is 4.10. The standard InChI is InChI=1S/C6H13FN2/c1-8(6-3-7)9-4-2-5-9/h2-6H2,1H3. The number of rotatable bonds is 3. The van der Waals surface area contributed by atoms with E-state index in [4.69, 9.17) is 0 Å². The van der Waals surface area contributed by atoms with Crippen molar-refractivity contribution in [2.75, 3.05) is 33.4 Å². The highest BCUT2D eigenvalue weighted by atomic mass is 19.1. The summed E-state index contributed by atoms with van der Waals surface area (Å²) in [6.45, 7) is 2.51. The number of hydrogen-bond donors (Lipinski definition) is 0. The van der Waals surface area contributed by atoms with Gasteiger partial charge in [-0.1, -0.05) is 0 Å². The van der Waals surface area contributed by atoms with E-state index in [1.807, 2.05) is 12.1 Å². The minimum Gasteiger partial charge on any atom is -0.250 e. The molecule has 1 saturated heterocycles. The highest BCUT2D eigenvalue weighted by Gasteiger charge is 2.17. The highest BCUT2D eigenvalue weighted by Crippen LogP contribution is 2.07. The first-order chi connectivity index (χ1) is 4.34. The zero-order valence-corrected chi connectivity index (χ0v) is 5.81. The fourth-order valence-electron chi connectivity index (χ4n) is 0.905. The summed E-state index contributed by atoms with van der Waals surface area (Å²) in [5.74, 6) is 0. The zero-order chi connectivity index (χ0) is 6.69. The van der Waals surface area contributed by atoms with Crippen LogP contribution in [0.15, 0.2) is 0 Å². The number of hydrogen-bond acceptors (Lipinski definition) is 2. The zero-order valence-electron chi connectivity index (χ0n) is 5.81. The minimum absolute atomic E-state index is 0.243. The van der Waals surface area contributed by atoms with Gasteiger partial charge < -0.3 is 0 Å². The molecular weight excluding hydrogens is 119 g/mol. The normalized spacial score (nSPS) is 20.3. The Morgan fingerprint density at radius 3 is 2.56 bits per heavy atom. The van der Waals surface area contributed by atoms with Crippen LogP contribution in [-0.4, -0.2) is 43.4 Å². The molecule has 0 N–H and O–H groups in total. The van der Waals surface area contributed by atoms with Crippen LogP contribution in [0, 0.1) is 0 Å².